The second-order valence-electron chi connectivity index (χ2n) is 7.44. The van der Waals surface area contributed by atoms with Crippen LogP contribution in [0.5, 0.6) is 11.5 Å². The first-order valence-electron chi connectivity index (χ1n) is 10.1. The lowest BCUT2D eigenvalue weighted by molar-refractivity contribution is -0.132. The number of carbonyl (C=O) groups is 1. The number of sulfonamides is 1. The summed E-state index contributed by atoms with van der Waals surface area (Å²) in [6.45, 7) is 4.02. The maximum Gasteiger partial charge on any atom is 0.246 e. The van der Waals surface area contributed by atoms with Crippen LogP contribution in [0.15, 0.2) is 48.5 Å². The molecule has 1 amide bonds. The van der Waals surface area contributed by atoms with E-state index in [9.17, 15) is 13.2 Å². The van der Waals surface area contributed by atoms with Crippen LogP contribution < -0.4 is 18.7 Å². The molecule has 0 aromatic heterocycles. The van der Waals surface area contributed by atoms with Gasteiger partial charge in [0, 0.05) is 31.9 Å². The zero-order chi connectivity index (χ0) is 22.6. The molecule has 8 nitrogen and oxygen atoms in total. The molecule has 1 heterocycles. The highest BCUT2D eigenvalue weighted by atomic mass is 32.2. The first kappa shape index (κ1) is 22.7. The van der Waals surface area contributed by atoms with Gasteiger partial charge in [-0.05, 0) is 55.5 Å². The van der Waals surface area contributed by atoms with Crippen LogP contribution in [-0.4, -0.2) is 71.9 Å². The molecule has 0 N–H and O–H groups in total. The molecule has 0 unspecified atom stereocenters. The molecule has 0 saturated carbocycles. The number of hydrogen-bond donors (Lipinski definition) is 0. The minimum atomic E-state index is -3.66. The highest BCUT2D eigenvalue weighted by molar-refractivity contribution is 7.92. The summed E-state index contributed by atoms with van der Waals surface area (Å²) >= 11 is 0. The van der Waals surface area contributed by atoms with Crippen molar-refractivity contribution in [2.75, 3.05) is 55.9 Å². The summed E-state index contributed by atoms with van der Waals surface area (Å²) in [5.41, 5.74) is 1.50. The van der Waals surface area contributed by atoms with Crippen molar-refractivity contribution < 1.29 is 22.7 Å². The van der Waals surface area contributed by atoms with Crippen LogP contribution in [0.4, 0.5) is 11.4 Å². The first-order chi connectivity index (χ1) is 14.7. The van der Waals surface area contributed by atoms with Crippen LogP contribution in [0.25, 0.3) is 0 Å². The molecule has 0 spiro atoms. The van der Waals surface area contributed by atoms with E-state index in [-0.39, 0.29) is 5.91 Å². The Bertz CT molecular complexity index is 985. The fourth-order valence-electron chi connectivity index (χ4n) is 3.77. The molecule has 1 aliphatic heterocycles. The molecule has 0 aliphatic carbocycles. The molecular weight excluding hydrogens is 418 g/mol. The topological polar surface area (TPSA) is 79.4 Å². The zero-order valence-corrected chi connectivity index (χ0v) is 19.1. The number of rotatable bonds is 7. The van der Waals surface area contributed by atoms with Gasteiger partial charge in [-0.25, -0.2) is 8.42 Å². The van der Waals surface area contributed by atoms with Gasteiger partial charge in [0.05, 0.1) is 26.2 Å². The van der Waals surface area contributed by atoms with E-state index in [4.69, 9.17) is 9.47 Å². The number of amides is 1. The molecule has 168 valence electrons. The Balaban J connectivity index is 1.70. The van der Waals surface area contributed by atoms with Crippen LogP contribution in [0.3, 0.4) is 0 Å². The van der Waals surface area contributed by atoms with Gasteiger partial charge >= 0.3 is 0 Å². The SMILES string of the molecule is COc1ccc(N2CCN(C(=O)[C@H](C)N(c3ccc(OC)cc3)S(C)(=O)=O)CC2)cc1. The van der Waals surface area contributed by atoms with Crippen LogP contribution in [0.1, 0.15) is 6.92 Å². The van der Waals surface area contributed by atoms with Gasteiger partial charge in [-0.1, -0.05) is 0 Å². The van der Waals surface area contributed by atoms with E-state index in [0.717, 1.165) is 17.7 Å². The van der Waals surface area contributed by atoms with Crippen molar-refractivity contribution in [1.82, 2.24) is 4.90 Å². The third-order valence-electron chi connectivity index (χ3n) is 5.42. The molecule has 1 atom stereocenters. The summed E-state index contributed by atoms with van der Waals surface area (Å²) in [5.74, 6) is 1.20. The van der Waals surface area contributed by atoms with Crippen molar-refractivity contribution in [3.05, 3.63) is 48.5 Å². The second-order valence-corrected chi connectivity index (χ2v) is 9.30. The third-order valence-corrected chi connectivity index (χ3v) is 6.66. The summed E-state index contributed by atoms with van der Waals surface area (Å²) in [6, 6.07) is 13.6. The number of hydrogen-bond acceptors (Lipinski definition) is 6. The van der Waals surface area contributed by atoms with Crippen LogP contribution in [-0.2, 0) is 14.8 Å². The maximum absolute atomic E-state index is 13.2. The molecule has 0 bridgehead atoms. The standard InChI is InChI=1S/C22H29N3O5S/c1-17(25(31(4,27)28)19-7-11-21(30-3)12-8-19)22(26)24-15-13-23(14-16-24)18-5-9-20(29-2)10-6-18/h5-12,17H,13-16H2,1-4H3/t17-/m0/s1. The number of anilines is 2. The monoisotopic (exact) mass is 447 g/mol. The molecule has 31 heavy (non-hydrogen) atoms. The average molecular weight is 448 g/mol. The smallest absolute Gasteiger partial charge is 0.246 e. The lowest BCUT2D eigenvalue weighted by atomic mass is 10.2. The molecule has 1 aliphatic rings. The quantitative estimate of drug-likeness (QED) is 0.648. The summed E-state index contributed by atoms with van der Waals surface area (Å²) in [7, 11) is -0.484. The normalized spacial score (nSPS) is 15.4. The van der Waals surface area contributed by atoms with E-state index in [0.29, 0.717) is 37.6 Å². The third kappa shape index (κ3) is 5.22. The van der Waals surface area contributed by atoms with E-state index in [2.05, 4.69) is 4.90 Å². The number of piperazine rings is 1. The van der Waals surface area contributed by atoms with Crippen molar-refractivity contribution in [2.24, 2.45) is 0 Å². The summed E-state index contributed by atoms with van der Waals surface area (Å²) in [6.07, 6.45) is 1.11. The van der Waals surface area contributed by atoms with Crippen LogP contribution >= 0.6 is 0 Å². The molecule has 2 aromatic rings. The van der Waals surface area contributed by atoms with E-state index < -0.39 is 16.1 Å². The van der Waals surface area contributed by atoms with Gasteiger partial charge in [-0.15, -0.1) is 0 Å². The highest BCUT2D eigenvalue weighted by Crippen LogP contribution is 2.25. The second kappa shape index (κ2) is 9.47. The van der Waals surface area contributed by atoms with Crippen molar-refractivity contribution in [2.45, 2.75) is 13.0 Å². The van der Waals surface area contributed by atoms with Gasteiger partial charge in [-0.2, -0.15) is 0 Å². The highest BCUT2D eigenvalue weighted by Gasteiger charge is 2.33. The number of methoxy groups -OCH3 is 2. The molecule has 3 rings (SSSR count). The minimum Gasteiger partial charge on any atom is -0.497 e. The van der Waals surface area contributed by atoms with Gasteiger partial charge in [0.1, 0.15) is 17.5 Å². The number of nitrogens with zero attached hydrogens (tertiary/aromatic N) is 3. The van der Waals surface area contributed by atoms with Crippen molar-refractivity contribution in [3.8, 4) is 11.5 Å². The summed E-state index contributed by atoms with van der Waals surface area (Å²) in [5, 5.41) is 0. The number of carbonyl (C=O) groups excluding carboxylic acids is 1. The summed E-state index contributed by atoms with van der Waals surface area (Å²) < 4.78 is 36.5. The Morgan fingerprint density at radius 1 is 0.903 bits per heavy atom. The van der Waals surface area contributed by atoms with E-state index >= 15 is 0 Å². The Kier molecular flexibility index (Phi) is 6.94. The van der Waals surface area contributed by atoms with Crippen molar-refractivity contribution in [1.29, 1.82) is 0 Å². The van der Waals surface area contributed by atoms with Crippen LogP contribution in [0, 0.1) is 0 Å². The van der Waals surface area contributed by atoms with Gasteiger partial charge in [0.15, 0.2) is 0 Å². The lowest BCUT2D eigenvalue weighted by Gasteiger charge is -2.39. The van der Waals surface area contributed by atoms with E-state index in [1.54, 1.807) is 50.3 Å². The van der Waals surface area contributed by atoms with E-state index in [1.165, 1.54) is 4.31 Å². The van der Waals surface area contributed by atoms with Crippen LogP contribution in [0.2, 0.25) is 0 Å². The molecule has 2 aromatic carbocycles. The molecule has 0 radical (unpaired) electrons. The Hall–Kier alpha value is -2.94. The Morgan fingerprint density at radius 3 is 1.84 bits per heavy atom. The van der Waals surface area contributed by atoms with Gasteiger partial charge in [0.2, 0.25) is 15.9 Å². The van der Waals surface area contributed by atoms with Gasteiger partial charge in [-0.3, -0.25) is 9.10 Å². The van der Waals surface area contributed by atoms with E-state index in [1.807, 2.05) is 24.3 Å². The largest absolute Gasteiger partial charge is 0.497 e. The Morgan fingerprint density at radius 2 is 1.39 bits per heavy atom. The predicted molar refractivity (Wildman–Crippen MR) is 122 cm³/mol. The molecule has 1 fully saturated rings. The molecular formula is C22H29N3O5S. The maximum atomic E-state index is 13.2. The molecule has 9 heteroatoms. The Labute approximate surface area is 184 Å². The van der Waals surface area contributed by atoms with Crippen molar-refractivity contribution >= 4 is 27.3 Å². The lowest BCUT2D eigenvalue weighted by Crippen LogP contribution is -2.55. The van der Waals surface area contributed by atoms with Crippen molar-refractivity contribution in [3.63, 3.8) is 0 Å². The first-order valence-corrected chi connectivity index (χ1v) is 11.9. The fraction of sp³-hybridized carbons (Fsp3) is 0.409. The van der Waals surface area contributed by atoms with Gasteiger partial charge in [0.25, 0.3) is 0 Å². The number of ether oxygens (including phenoxy) is 2. The fourth-order valence-corrected chi connectivity index (χ4v) is 4.94. The summed E-state index contributed by atoms with van der Waals surface area (Å²) in [4.78, 5) is 17.1. The molecule has 1 saturated heterocycles. The zero-order valence-electron chi connectivity index (χ0n) is 18.3. The predicted octanol–water partition coefficient (Wildman–Crippen LogP) is 2.21. The average Bonchev–Trinajstić information content (AvgIpc) is 2.78. The minimum absolute atomic E-state index is 0.212. The number of benzene rings is 2. The van der Waals surface area contributed by atoms with Gasteiger partial charge < -0.3 is 19.3 Å².